The van der Waals surface area contributed by atoms with E-state index in [1.807, 2.05) is 6.07 Å². The van der Waals surface area contributed by atoms with Gasteiger partial charge in [-0.1, -0.05) is 25.9 Å². The molecule has 0 aromatic carbocycles. The predicted molar refractivity (Wildman–Crippen MR) is 95.5 cm³/mol. The maximum Gasteiger partial charge on any atom is 0.273 e. The predicted octanol–water partition coefficient (Wildman–Crippen LogP) is 1.58. The molecule has 0 aliphatic carbocycles. The van der Waals surface area contributed by atoms with Gasteiger partial charge in [-0.25, -0.2) is 0 Å². The summed E-state index contributed by atoms with van der Waals surface area (Å²) in [6, 6.07) is 3.61. The largest absolute Gasteiger partial charge is 0.392 e. The standard InChI is InChI=1S/C18H27N5O3/c1-18(2,3)16-7-12(20-21-16)9-19-17(25)15-8-14(26-22-15)11-23-6-4-5-13(24)10-23/h7-8,13,24H,4-6,9-11H2,1-3H3,(H,19,25)(H,20,21)/t13-/m1/s1. The van der Waals surface area contributed by atoms with Gasteiger partial charge in [-0.2, -0.15) is 5.10 Å². The fourth-order valence-electron chi connectivity index (χ4n) is 2.99. The second-order valence-corrected chi connectivity index (χ2v) is 7.92. The minimum Gasteiger partial charge on any atom is -0.392 e. The van der Waals surface area contributed by atoms with Crippen molar-refractivity contribution in [2.75, 3.05) is 13.1 Å². The number of rotatable bonds is 5. The van der Waals surface area contributed by atoms with E-state index in [4.69, 9.17) is 4.52 Å². The van der Waals surface area contributed by atoms with Crippen LogP contribution < -0.4 is 5.32 Å². The van der Waals surface area contributed by atoms with Gasteiger partial charge >= 0.3 is 0 Å². The number of aromatic nitrogens is 3. The molecule has 1 saturated heterocycles. The van der Waals surface area contributed by atoms with Crippen molar-refractivity contribution >= 4 is 5.91 Å². The summed E-state index contributed by atoms with van der Waals surface area (Å²) in [4.78, 5) is 14.4. The van der Waals surface area contributed by atoms with Gasteiger partial charge in [0.1, 0.15) is 0 Å². The SMILES string of the molecule is CC(C)(C)c1cc(CNC(=O)c2cc(CN3CCC[C@@H](O)C3)on2)[nH]n1. The van der Waals surface area contributed by atoms with Gasteiger partial charge in [0.15, 0.2) is 11.5 Å². The van der Waals surface area contributed by atoms with Crippen molar-refractivity contribution in [1.29, 1.82) is 0 Å². The molecule has 0 saturated carbocycles. The summed E-state index contributed by atoms with van der Waals surface area (Å²) in [6.07, 6.45) is 1.51. The zero-order chi connectivity index (χ0) is 18.7. The first-order valence-electron chi connectivity index (χ1n) is 9.00. The van der Waals surface area contributed by atoms with E-state index >= 15 is 0 Å². The molecule has 1 aliphatic rings. The second-order valence-electron chi connectivity index (χ2n) is 7.92. The summed E-state index contributed by atoms with van der Waals surface area (Å²) in [5.74, 6) is 0.339. The van der Waals surface area contributed by atoms with Gasteiger partial charge in [0.25, 0.3) is 5.91 Å². The number of likely N-dealkylation sites (tertiary alicyclic amines) is 1. The molecule has 8 nitrogen and oxygen atoms in total. The number of piperidine rings is 1. The van der Waals surface area contributed by atoms with Crippen LogP contribution in [0.2, 0.25) is 0 Å². The van der Waals surface area contributed by atoms with E-state index in [1.165, 1.54) is 0 Å². The number of carbonyl (C=O) groups excluding carboxylic acids is 1. The first kappa shape index (κ1) is 18.6. The minimum atomic E-state index is -0.290. The molecular weight excluding hydrogens is 334 g/mol. The summed E-state index contributed by atoms with van der Waals surface area (Å²) < 4.78 is 5.27. The van der Waals surface area contributed by atoms with E-state index in [-0.39, 0.29) is 23.1 Å². The van der Waals surface area contributed by atoms with E-state index in [0.29, 0.717) is 25.4 Å². The number of hydrogen-bond donors (Lipinski definition) is 3. The molecule has 3 N–H and O–H groups in total. The van der Waals surface area contributed by atoms with Gasteiger partial charge in [0, 0.05) is 18.0 Å². The molecule has 0 radical (unpaired) electrons. The average Bonchev–Trinajstić information content (AvgIpc) is 3.21. The molecule has 1 atom stereocenters. The van der Waals surface area contributed by atoms with Crippen molar-refractivity contribution in [3.8, 4) is 0 Å². The minimum absolute atomic E-state index is 0.0399. The highest BCUT2D eigenvalue weighted by atomic mass is 16.5. The van der Waals surface area contributed by atoms with Crippen LogP contribution in [0.3, 0.4) is 0 Å². The molecule has 2 aromatic rings. The summed E-state index contributed by atoms with van der Waals surface area (Å²) in [6.45, 7) is 8.69. The number of aliphatic hydroxyl groups is 1. The molecule has 26 heavy (non-hydrogen) atoms. The van der Waals surface area contributed by atoms with Crippen LogP contribution in [0.25, 0.3) is 0 Å². The lowest BCUT2D eigenvalue weighted by molar-refractivity contribution is 0.0622. The Bertz CT molecular complexity index is 746. The van der Waals surface area contributed by atoms with Crippen molar-refractivity contribution in [2.45, 2.75) is 58.2 Å². The van der Waals surface area contributed by atoms with Gasteiger partial charge < -0.3 is 14.9 Å². The quantitative estimate of drug-likeness (QED) is 0.746. The van der Waals surface area contributed by atoms with Gasteiger partial charge in [-0.3, -0.25) is 14.8 Å². The first-order chi connectivity index (χ1) is 12.3. The Morgan fingerprint density at radius 1 is 1.46 bits per heavy atom. The summed E-state index contributed by atoms with van der Waals surface area (Å²) in [5, 5.41) is 23.6. The van der Waals surface area contributed by atoms with E-state index in [1.54, 1.807) is 6.07 Å². The molecule has 2 aromatic heterocycles. The molecule has 0 unspecified atom stereocenters. The topological polar surface area (TPSA) is 107 Å². The fraction of sp³-hybridized carbons (Fsp3) is 0.611. The van der Waals surface area contributed by atoms with Crippen molar-refractivity contribution in [2.24, 2.45) is 0 Å². The molecule has 1 amide bonds. The summed E-state index contributed by atoms with van der Waals surface area (Å²) >= 11 is 0. The smallest absolute Gasteiger partial charge is 0.273 e. The number of aliphatic hydroxyl groups excluding tert-OH is 1. The second kappa shape index (κ2) is 7.59. The molecule has 1 aliphatic heterocycles. The molecular formula is C18H27N5O3. The van der Waals surface area contributed by atoms with E-state index in [2.05, 4.69) is 46.3 Å². The first-order valence-corrected chi connectivity index (χ1v) is 9.00. The Kier molecular flexibility index (Phi) is 5.43. The molecule has 8 heteroatoms. The lowest BCUT2D eigenvalue weighted by Gasteiger charge is -2.28. The lowest BCUT2D eigenvalue weighted by Crippen LogP contribution is -2.37. The number of nitrogens with zero attached hydrogens (tertiary/aromatic N) is 3. The zero-order valence-electron chi connectivity index (χ0n) is 15.6. The Balaban J connectivity index is 1.52. The highest BCUT2D eigenvalue weighted by Gasteiger charge is 2.21. The number of aromatic amines is 1. The van der Waals surface area contributed by atoms with Crippen molar-refractivity contribution in [3.05, 3.63) is 35.0 Å². The van der Waals surface area contributed by atoms with Crippen LogP contribution in [0.15, 0.2) is 16.7 Å². The van der Waals surface area contributed by atoms with Crippen molar-refractivity contribution < 1.29 is 14.4 Å². The molecule has 142 valence electrons. The number of nitrogens with one attached hydrogen (secondary N) is 2. The van der Waals surface area contributed by atoms with Crippen LogP contribution in [0, 0.1) is 0 Å². The Morgan fingerprint density at radius 3 is 2.96 bits per heavy atom. The molecule has 1 fully saturated rings. The van der Waals surface area contributed by atoms with Crippen LogP contribution in [0.4, 0.5) is 0 Å². The number of β-amino-alcohol motifs (C(OH)–C–C–N with tert-alkyl or cyclic N) is 1. The van der Waals surface area contributed by atoms with E-state index in [0.717, 1.165) is 30.8 Å². The molecule has 0 bridgehead atoms. The zero-order valence-corrected chi connectivity index (χ0v) is 15.6. The summed E-state index contributed by atoms with van der Waals surface area (Å²) in [5.41, 5.74) is 2.01. The lowest BCUT2D eigenvalue weighted by atomic mass is 9.92. The maximum atomic E-state index is 12.3. The van der Waals surface area contributed by atoms with Gasteiger partial charge in [0.05, 0.1) is 30.6 Å². The van der Waals surface area contributed by atoms with Crippen molar-refractivity contribution in [3.63, 3.8) is 0 Å². The summed E-state index contributed by atoms with van der Waals surface area (Å²) in [7, 11) is 0. The van der Waals surface area contributed by atoms with Crippen LogP contribution in [0.1, 0.15) is 61.2 Å². The number of hydrogen-bond acceptors (Lipinski definition) is 6. The third-order valence-corrected chi connectivity index (χ3v) is 4.49. The van der Waals surface area contributed by atoms with Crippen molar-refractivity contribution in [1.82, 2.24) is 25.6 Å². The normalized spacial score (nSPS) is 18.8. The molecule has 3 heterocycles. The third kappa shape index (κ3) is 4.70. The fourth-order valence-corrected chi connectivity index (χ4v) is 2.99. The molecule has 3 rings (SSSR count). The van der Waals surface area contributed by atoms with Gasteiger partial charge in [0.2, 0.25) is 0 Å². The third-order valence-electron chi connectivity index (χ3n) is 4.49. The van der Waals surface area contributed by atoms with E-state index < -0.39 is 0 Å². The van der Waals surface area contributed by atoms with E-state index in [9.17, 15) is 9.90 Å². The highest BCUT2D eigenvalue weighted by Crippen LogP contribution is 2.20. The average molecular weight is 361 g/mol. The van der Waals surface area contributed by atoms with Crippen LogP contribution in [-0.4, -0.2) is 50.5 Å². The van der Waals surface area contributed by atoms with Crippen LogP contribution in [-0.2, 0) is 18.5 Å². The number of carbonyl (C=O) groups is 1. The van der Waals surface area contributed by atoms with Crippen LogP contribution in [0.5, 0.6) is 0 Å². The van der Waals surface area contributed by atoms with Gasteiger partial charge in [-0.05, 0) is 25.5 Å². The Morgan fingerprint density at radius 2 is 2.27 bits per heavy atom. The van der Waals surface area contributed by atoms with Gasteiger partial charge in [-0.15, -0.1) is 0 Å². The molecule has 0 spiro atoms. The number of amides is 1. The Hall–Kier alpha value is -2.19. The number of H-pyrrole nitrogens is 1. The monoisotopic (exact) mass is 361 g/mol. The highest BCUT2D eigenvalue weighted by molar-refractivity contribution is 5.92. The Labute approximate surface area is 152 Å². The maximum absolute atomic E-state index is 12.3. The van der Waals surface area contributed by atoms with Crippen LogP contribution >= 0.6 is 0 Å².